The van der Waals surface area contributed by atoms with Gasteiger partial charge in [0, 0.05) is 0 Å². The minimum absolute atomic E-state index is 0.0361. The number of hydrogen-bond acceptors (Lipinski definition) is 8. The molecule has 1 aromatic rings. The molecule has 0 atom stereocenters. The fraction of sp³-hybridized carbons (Fsp3) is 0.0714. The largest absolute Gasteiger partial charge is 0.454 e. The van der Waals surface area contributed by atoms with Crippen LogP contribution in [0, 0.1) is 44.1 Å². The van der Waals surface area contributed by atoms with Gasteiger partial charge in [-0.15, -0.1) is 0 Å². The number of nitrogens with two attached hydrogens (primary N) is 1. The highest BCUT2D eigenvalue weighted by Gasteiger charge is 2.23. The second kappa shape index (κ2) is 6.17. The number of rotatable bonds is 3. The zero-order chi connectivity index (χ0) is 17.0. The van der Waals surface area contributed by atoms with Crippen molar-refractivity contribution in [3.05, 3.63) is 44.7 Å². The van der Waals surface area contributed by atoms with Gasteiger partial charge in [0.1, 0.15) is 18.2 Å². The van der Waals surface area contributed by atoms with Crippen LogP contribution < -0.4 is 15.2 Å². The van der Waals surface area contributed by atoms with Gasteiger partial charge in [0.25, 0.3) is 5.69 Å². The Balaban J connectivity index is 2.64. The average Bonchev–Trinajstić information content (AvgIpc) is 2.99. The molecule has 2 N–H and O–H groups in total. The van der Waals surface area contributed by atoms with E-state index in [9.17, 15) is 10.1 Å². The quantitative estimate of drug-likeness (QED) is 0.380. The van der Waals surface area contributed by atoms with Gasteiger partial charge in [-0.25, -0.2) is 0 Å². The second-order valence-electron chi connectivity index (χ2n) is 4.20. The maximum Gasteiger partial charge on any atom is 0.280 e. The number of nitro groups is 1. The summed E-state index contributed by atoms with van der Waals surface area (Å²) in [7, 11) is 0. The monoisotopic (exact) mass is 309 g/mol. The van der Waals surface area contributed by atoms with Crippen molar-refractivity contribution in [2.75, 3.05) is 6.79 Å². The molecule has 1 aliphatic heterocycles. The Morgan fingerprint density at radius 3 is 2.35 bits per heavy atom. The summed E-state index contributed by atoms with van der Waals surface area (Å²) in [5.74, 6) is 0.494. The third-order valence-corrected chi connectivity index (χ3v) is 2.92. The Kier molecular flexibility index (Phi) is 4.12. The number of nitriles is 3. The minimum Gasteiger partial charge on any atom is -0.454 e. The lowest BCUT2D eigenvalue weighted by Gasteiger charge is -2.03. The van der Waals surface area contributed by atoms with Crippen LogP contribution in [0.5, 0.6) is 11.5 Å². The molecule has 9 nitrogen and oxygen atoms in total. The Bertz CT molecular complexity index is 864. The highest BCUT2D eigenvalue weighted by atomic mass is 16.7. The van der Waals surface area contributed by atoms with E-state index in [2.05, 4.69) is 0 Å². The summed E-state index contributed by atoms with van der Waals surface area (Å²) in [6.07, 6.45) is 1.12. The summed E-state index contributed by atoms with van der Waals surface area (Å²) < 4.78 is 10.2. The first-order chi connectivity index (χ1) is 11.0. The highest BCUT2D eigenvalue weighted by molar-refractivity contribution is 5.73. The predicted octanol–water partition coefficient (Wildman–Crippen LogP) is 1.49. The number of hydrogen-bond donors (Lipinski definition) is 1. The second-order valence-corrected chi connectivity index (χ2v) is 4.20. The first-order valence-corrected chi connectivity index (χ1v) is 6.02. The third kappa shape index (κ3) is 2.87. The smallest absolute Gasteiger partial charge is 0.280 e. The van der Waals surface area contributed by atoms with Crippen molar-refractivity contribution in [3.8, 4) is 29.7 Å². The molecule has 1 heterocycles. The van der Waals surface area contributed by atoms with Crippen molar-refractivity contribution in [1.82, 2.24) is 0 Å². The van der Waals surface area contributed by atoms with Gasteiger partial charge in [-0.3, -0.25) is 10.1 Å². The van der Waals surface area contributed by atoms with E-state index in [4.69, 9.17) is 31.0 Å². The summed E-state index contributed by atoms with van der Waals surface area (Å²) in [4.78, 5) is 10.5. The van der Waals surface area contributed by atoms with Gasteiger partial charge in [0.05, 0.1) is 27.8 Å². The van der Waals surface area contributed by atoms with Crippen LogP contribution in [0.2, 0.25) is 0 Å². The van der Waals surface area contributed by atoms with E-state index in [1.54, 1.807) is 18.2 Å². The van der Waals surface area contributed by atoms with Gasteiger partial charge >= 0.3 is 0 Å². The molecule has 1 aliphatic rings. The van der Waals surface area contributed by atoms with Crippen LogP contribution in [-0.2, 0) is 0 Å². The van der Waals surface area contributed by atoms with Crippen molar-refractivity contribution in [1.29, 1.82) is 15.8 Å². The molecule has 0 unspecified atom stereocenters. The summed E-state index contributed by atoms with van der Waals surface area (Å²) in [5.41, 5.74) is 4.25. The molecule has 0 spiro atoms. The van der Waals surface area contributed by atoms with Crippen LogP contribution in [0.15, 0.2) is 29.0 Å². The Morgan fingerprint density at radius 1 is 1.22 bits per heavy atom. The Morgan fingerprint density at radius 2 is 1.83 bits per heavy atom. The molecule has 0 radical (unpaired) electrons. The molecule has 0 aliphatic carbocycles. The molecule has 0 saturated heterocycles. The van der Waals surface area contributed by atoms with Crippen LogP contribution in [0.25, 0.3) is 6.08 Å². The maximum absolute atomic E-state index is 11.2. The number of allylic oxidation sites excluding steroid dienone is 2. The van der Waals surface area contributed by atoms with Crippen molar-refractivity contribution in [2.24, 2.45) is 5.73 Å². The molecule has 23 heavy (non-hydrogen) atoms. The van der Waals surface area contributed by atoms with E-state index in [0.717, 1.165) is 6.08 Å². The normalized spacial score (nSPS) is 11.8. The highest BCUT2D eigenvalue weighted by Crippen LogP contribution is 2.38. The van der Waals surface area contributed by atoms with E-state index >= 15 is 0 Å². The van der Waals surface area contributed by atoms with E-state index in [1.165, 1.54) is 12.1 Å². The van der Waals surface area contributed by atoms with Crippen molar-refractivity contribution in [2.45, 2.75) is 0 Å². The topological polar surface area (TPSA) is 159 Å². The third-order valence-electron chi connectivity index (χ3n) is 2.92. The molecule has 0 amide bonds. The van der Waals surface area contributed by atoms with E-state index in [-0.39, 0.29) is 40.8 Å². The number of benzene rings is 1. The van der Waals surface area contributed by atoms with Crippen LogP contribution in [0.1, 0.15) is 5.56 Å². The van der Waals surface area contributed by atoms with E-state index in [0.29, 0.717) is 0 Å². The molecule has 0 aromatic heterocycles. The van der Waals surface area contributed by atoms with Crippen molar-refractivity contribution < 1.29 is 14.4 Å². The number of fused-ring (bicyclic) bond motifs is 1. The van der Waals surface area contributed by atoms with Gasteiger partial charge in [0.2, 0.25) is 6.79 Å². The summed E-state index contributed by atoms with van der Waals surface area (Å²) in [5, 5.41) is 37.9. The molecule has 9 heteroatoms. The maximum atomic E-state index is 11.2. The molecule has 0 bridgehead atoms. The van der Waals surface area contributed by atoms with Crippen molar-refractivity contribution in [3.63, 3.8) is 0 Å². The first kappa shape index (κ1) is 15.4. The predicted molar refractivity (Wildman–Crippen MR) is 75.2 cm³/mol. The minimum atomic E-state index is -0.655. The zero-order valence-electron chi connectivity index (χ0n) is 11.4. The zero-order valence-corrected chi connectivity index (χ0v) is 11.4. The van der Waals surface area contributed by atoms with E-state index in [1.807, 2.05) is 0 Å². The number of nitrogens with zero attached hydrogens (tertiary/aromatic N) is 4. The fourth-order valence-corrected chi connectivity index (χ4v) is 1.83. The first-order valence-electron chi connectivity index (χ1n) is 6.02. The van der Waals surface area contributed by atoms with Crippen LogP contribution in [0.3, 0.4) is 0 Å². The Hall–Kier alpha value is -4.03. The van der Waals surface area contributed by atoms with Gasteiger partial charge in [-0.2, -0.15) is 15.8 Å². The summed E-state index contributed by atoms with van der Waals surface area (Å²) >= 11 is 0. The van der Waals surface area contributed by atoms with Crippen molar-refractivity contribution >= 4 is 11.8 Å². The molecular formula is C14H7N5O4. The molecule has 0 fully saturated rings. The molecule has 1 aromatic carbocycles. The fourth-order valence-electron chi connectivity index (χ4n) is 1.83. The molecule has 0 saturated carbocycles. The summed E-state index contributed by atoms with van der Waals surface area (Å²) in [6.45, 7) is -0.0696. The van der Waals surface area contributed by atoms with E-state index < -0.39 is 10.5 Å². The lowest BCUT2D eigenvalue weighted by Crippen LogP contribution is -2.04. The molecular weight excluding hydrogens is 302 g/mol. The van der Waals surface area contributed by atoms with Gasteiger partial charge in [-0.1, -0.05) is 0 Å². The molecule has 2 rings (SSSR count). The lowest BCUT2D eigenvalue weighted by atomic mass is 10.0. The van der Waals surface area contributed by atoms with Gasteiger partial charge in [-0.05, 0) is 12.1 Å². The lowest BCUT2D eigenvalue weighted by molar-refractivity contribution is -0.385. The SMILES string of the molecule is N#CC(C#N)=C(N)/C(C#N)=C/c1cc2c(cc1[N+](=O)[O-])OCO2. The standard InChI is InChI=1S/C14H7N5O4/c15-4-9(14(18)10(5-16)6-17)1-8-2-12-13(23-7-22-12)3-11(8)19(20)21/h1-3H,7,18H2/b9-1+. The van der Waals surface area contributed by atoms with Gasteiger partial charge < -0.3 is 15.2 Å². The Labute approximate surface area is 129 Å². The van der Waals surface area contributed by atoms with Crippen LogP contribution in [0.4, 0.5) is 5.69 Å². The molecule has 112 valence electrons. The average molecular weight is 309 g/mol. The number of nitro benzene ring substituents is 1. The van der Waals surface area contributed by atoms with Crippen LogP contribution >= 0.6 is 0 Å². The van der Waals surface area contributed by atoms with Gasteiger partial charge in [0.15, 0.2) is 17.1 Å². The van der Waals surface area contributed by atoms with Crippen LogP contribution in [-0.4, -0.2) is 11.7 Å². The number of ether oxygens (including phenoxy) is 2. The summed E-state index contributed by atoms with van der Waals surface area (Å²) in [6, 6.07) is 7.31.